The molecule has 0 fully saturated rings. The SMILES string of the molecule is COc1ccc(NC(=O)NCCCn2ccnc2-c2ccccc2)cc1OC. The number of methoxy groups -OCH3 is 2. The van der Waals surface area contributed by atoms with Crippen LogP contribution in [0.2, 0.25) is 0 Å². The number of nitrogens with zero attached hydrogens (tertiary/aromatic N) is 2. The summed E-state index contributed by atoms with van der Waals surface area (Å²) in [5, 5.41) is 5.66. The highest BCUT2D eigenvalue weighted by molar-refractivity contribution is 5.89. The summed E-state index contributed by atoms with van der Waals surface area (Å²) in [6.07, 6.45) is 4.53. The summed E-state index contributed by atoms with van der Waals surface area (Å²) in [7, 11) is 3.13. The van der Waals surface area contributed by atoms with Gasteiger partial charge in [0.05, 0.1) is 14.2 Å². The first-order valence-corrected chi connectivity index (χ1v) is 9.04. The van der Waals surface area contributed by atoms with Crippen LogP contribution >= 0.6 is 0 Å². The fraction of sp³-hybridized carbons (Fsp3) is 0.238. The van der Waals surface area contributed by atoms with Crippen molar-refractivity contribution in [3.8, 4) is 22.9 Å². The number of amides is 2. The molecule has 0 aliphatic carbocycles. The zero-order chi connectivity index (χ0) is 19.8. The van der Waals surface area contributed by atoms with Gasteiger partial charge in [0, 0.05) is 42.8 Å². The first-order valence-electron chi connectivity index (χ1n) is 9.04. The molecule has 7 heteroatoms. The average molecular weight is 380 g/mol. The van der Waals surface area contributed by atoms with E-state index in [2.05, 4.69) is 20.2 Å². The molecule has 146 valence electrons. The molecule has 0 radical (unpaired) electrons. The first kappa shape index (κ1) is 19.3. The van der Waals surface area contributed by atoms with Crippen molar-refractivity contribution in [1.82, 2.24) is 14.9 Å². The highest BCUT2D eigenvalue weighted by Gasteiger charge is 2.08. The Morgan fingerprint density at radius 1 is 1.07 bits per heavy atom. The summed E-state index contributed by atoms with van der Waals surface area (Å²) < 4.78 is 12.5. The number of rotatable bonds is 8. The smallest absolute Gasteiger partial charge is 0.319 e. The van der Waals surface area contributed by atoms with E-state index < -0.39 is 0 Å². The van der Waals surface area contributed by atoms with Gasteiger partial charge in [-0.2, -0.15) is 0 Å². The highest BCUT2D eigenvalue weighted by Crippen LogP contribution is 2.29. The minimum absolute atomic E-state index is 0.263. The maximum Gasteiger partial charge on any atom is 0.319 e. The van der Waals surface area contributed by atoms with Gasteiger partial charge in [0.25, 0.3) is 0 Å². The lowest BCUT2D eigenvalue weighted by Crippen LogP contribution is -2.30. The van der Waals surface area contributed by atoms with E-state index in [1.807, 2.05) is 36.5 Å². The van der Waals surface area contributed by atoms with E-state index in [-0.39, 0.29) is 6.03 Å². The van der Waals surface area contributed by atoms with Crippen LogP contribution in [-0.4, -0.2) is 36.3 Å². The lowest BCUT2D eigenvalue weighted by atomic mass is 10.2. The number of aryl methyl sites for hydroxylation is 1. The Labute approximate surface area is 164 Å². The lowest BCUT2D eigenvalue weighted by Gasteiger charge is -2.12. The lowest BCUT2D eigenvalue weighted by molar-refractivity contribution is 0.252. The van der Waals surface area contributed by atoms with Crippen molar-refractivity contribution >= 4 is 11.7 Å². The number of anilines is 1. The van der Waals surface area contributed by atoms with Crippen molar-refractivity contribution in [1.29, 1.82) is 0 Å². The number of ether oxygens (including phenoxy) is 2. The molecule has 1 aromatic heterocycles. The van der Waals surface area contributed by atoms with Gasteiger partial charge in [0.1, 0.15) is 5.82 Å². The van der Waals surface area contributed by atoms with E-state index in [4.69, 9.17) is 9.47 Å². The summed E-state index contributed by atoms with van der Waals surface area (Å²) >= 11 is 0. The Kier molecular flexibility index (Phi) is 6.51. The standard InChI is InChI=1S/C21H24N4O3/c1-27-18-10-9-17(15-19(18)28-2)24-21(26)23-11-6-13-25-14-12-22-20(25)16-7-4-3-5-8-16/h3-5,7-10,12,14-15H,6,11,13H2,1-2H3,(H2,23,24,26). The topological polar surface area (TPSA) is 77.4 Å². The Balaban J connectivity index is 1.47. The molecule has 2 N–H and O–H groups in total. The highest BCUT2D eigenvalue weighted by atomic mass is 16.5. The Morgan fingerprint density at radius 3 is 2.61 bits per heavy atom. The Hall–Kier alpha value is -3.48. The van der Waals surface area contributed by atoms with Crippen molar-refractivity contribution in [3.63, 3.8) is 0 Å². The second kappa shape index (κ2) is 9.45. The van der Waals surface area contributed by atoms with Crippen LogP contribution in [0.3, 0.4) is 0 Å². The van der Waals surface area contributed by atoms with Crippen molar-refractivity contribution in [2.45, 2.75) is 13.0 Å². The molecule has 0 bridgehead atoms. The van der Waals surface area contributed by atoms with Gasteiger partial charge in [-0.1, -0.05) is 30.3 Å². The molecule has 0 spiro atoms. The van der Waals surface area contributed by atoms with Gasteiger partial charge >= 0.3 is 6.03 Å². The molecule has 0 unspecified atom stereocenters. The normalized spacial score (nSPS) is 10.4. The fourth-order valence-electron chi connectivity index (χ4n) is 2.88. The molecule has 0 aliphatic rings. The Morgan fingerprint density at radius 2 is 1.86 bits per heavy atom. The van der Waals surface area contributed by atoms with Gasteiger partial charge in [0.2, 0.25) is 0 Å². The van der Waals surface area contributed by atoms with Crippen LogP contribution in [0.25, 0.3) is 11.4 Å². The number of aromatic nitrogens is 2. The number of hydrogen-bond donors (Lipinski definition) is 2. The second-order valence-corrected chi connectivity index (χ2v) is 6.11. The predicted octanol–water partition coefficient (Wildman–Crippen LogP) is 3.78. The molecular weight excluding hydrogens is 356 g/mol. The summed E-state index contributed by atoms with van der Waals surface area (Å²) in [5.74, 6) is 2.10. The first-order chi connectivity index (χ1) is 13.7. The van der Waals surface area contributed by atoms with Crippen molar-refractivity contribution in [2.24, 2.45) is 0 Å². The van der Waals surface area contributed by atoms with Crippen LogP contribution in [0.1, 0.15) is 6.42 Å². The zero-order valence-electron chi connectivity index (χ0n) is 16.0. The van der Waals surface area contributed by atoms with E-state index in [0.29, 0.717) is 23.7 Å². The largest absolute Gasteiger partial charge is 0.493 e. The second-order valence-electron chi connectivity index (χ2n) is 6.11. The molecule has 1 heterocycles. The number of carbonyl (C=O) groups excluding carboxylic acids is 1. The van der Waals surface area contributed by atoms with Crippen molar-refractivity contribution < 1.29 is 14.3 Å². The average Bonchev–Trinajstić information content (AvgIpc) is 3.20. The van der Waals surface area contributed by atoms with Gasteiger partial charge in [-0.15, -0.1) is 0 Å². The van der Waals surface area contributed by atoms with E-state index in [0.717, 1.165) is 24.4 Å². The number of benzene rings is 2. The summed E-state index contributed by atoms with van der Waals surface area (Å²) in [4.78, 5) is 16.5. The molecule has 2 amide bonds. The van der Waals surface area contributed by atoms with E-state index in [9.17, 15) is 4.79 Å². The van der Waals surface area contributed by atoms with Gasteiger partial charge in [-0.05, 0) is 18.6 Å². The van der Waals surface area contributed by atoms with Crippen LogP contribution in [0, 0.1) is 0 Å². The summed E-state index contributed by atoms with van der Waals surface area (Å²) in [6, 6.07) is 15.0. The third-order valence-corrected chi connectivity index (χ3v) is 4.25. The number of carbonyl (C=O) groups is 1. The van der Waals surface area contributed by atoms with Crippen LogP contribution in [0.15, 0.2) is 60.9 Å². The molecule has 7 nitrogen and oxygen atoms in total. The van der Waals surface area contributed by atoms with Crippen LogP contribution in [0.4, 0.5) is 10.5 Å². The van der Waals surface area contributed by atoms with E-state index >= 15 is 0 Å². The summed E-state index contributed by atoms with van der Waals surface area (Å²) in [5.41, 5.74) is 1.71. The van der Waals surface area contributed by atoms with E-state index in [1.54, 1.807) is 38.6 Å². The van der Waals surface area contributed by atoms with Crippen molar-refractivity contribution in [3.05, 3.63) is 60.9 Å². The van der Waals surface area contributed by atoms with Gasteiger partial charge < -0.3 is 24.7 Å². The molecule has 0 saturated heterocycles. The minimum atomic E-state index is -0.263. The quantitative estimate of drug-likeness (QED) is 0.583. The van der Waals surface area contributed by atoms with Crippen LogP contribution < -0.4 is 20.1 Å². The zero-order valence-corrected chi connectivity index (χ0v) is 16.0. The molecule has 3 rings (SSSR count). The molecule has 0 aliphatic heterocycles. The minimum Gasteiger partial charge on any atom is -0.493 e. The van der Waals surface area contributed by atoms with Crippen LogP contribution in [0.5, 0.6) is 11.5 Å². The maximum absolute atomic E-state index is 12.1. The molecule has 2 aromatic carbocycles. The van der Waals surface area contributed by atoms with Crippen molar-refractivity contribution in [2.75, 3.05) is 26.1 Å². The third-order valence-electron chi connectivity index (χ3n) is 4.25. The monoisotopic (exact) mass is 380 g/mol. The fourth-order valence-corrected chi connectivity index (χ4v) is 2.88. The summed E-state index contributed by atoms with van der Waals surface area (Å²) in [6.45, 7) is 1.31. The molecule has 3 aromatic rings. The number of imidazole rings is 1. The molecule has 0 saturated carbocycles. The third kappa shape index (κ3) is 4.82. The predicted molar refractivity (Wildman–Crippen MR) is 109 cm³/mol. The molecule has 28 heavy (non-hydrogen) atoms. The number of nitrogens with one attached hydrogen (secondary N) is 2. The van der Waals surface area contributed by atoms with Crippen LogP contribution in [-0.2, 0) is 6.54 Å². The van der Waals surface area contributed by atoms with E-state index in [1.165, 1.54) is 0 Å². The number of urea groups is 1. The van der Waals surface area contributed by atoms with Gasteiger partial charge in [-0.25, -0.2) is 9.78 Å². The number of hydrogen-bond acceptors (Lipinski definition) is 4. The van der Waals surface area contributed by atoms with Gasteiger partial charge in [-0.3, -0.25) is 0 Å². The maximum atomic E-state index is 12.1. The molecular formula is C21H24N4O3. The van der Waals surface area contributed by atoms with Gasteiger partial charge in [0.15, 0.2) is 11.5 Å². The molecule has 0 atom stereocenters. The Bertz CT molecular complexity index is 909.